The molecule has 0 fully saturated rings. The maximum atomic E-state index is 12.2. The number of methoxy groups -OCH3 is 1. The van der Waals surface area contributed by atoms with Gasteiger partial charge in [-0.2, -0.15) is 0 Å². The summed E-state index contributed by atoms with van der Waals surface area (Å²) in [6.07, 6.45) is 2.36. The van der Waals surface area contributed by atoms with Crippen molar-refractivity contribution in [3.63, 3.8) is 0 Å². The summed E-state index contributed by atoms with van der Waals surface area (Å²) in [6.45, 7) is 0.718. The molecule has 0 aromatic heterocycles. The molecule has 7 nitrogen and oxygen atoms in total. The van der Waals surface area contributed by atoms with Crippen LogP contribution in [0.5, 0.6) is 5.75 Å². The van der Waals surface area contributed by atoms with Crippen molar-refractivity contribution < 1.29 is 19.6 Å². The number of carbonyl (C=O) groups is 1. The van der Waals surface area contributed by atoms with Crippen LogP contribution in [0.25, 0.3) is 0 Å². The quantitative estimate of drug-likeness (QED) is 0.449. The lowest BCUT2D eigenvalue weighted by Crippen LogP contribution is -2.27. The van der Waals surface area contributed by atoms with Crippen LogP contribution in [-0.2, 0) is 0 Å². The number of benzene rings is 1. The van der Waals surface area contributed by atoms with Gasteiger partial charge < -0.3 is 14.7 Å². The van der Waals surface area contributed by atoms with Gasteiger partial charge in [-0.25, -0.2) is 0 Å². The average Bonchev–Trinajstić information content (AvgIpc) is 2.49. The van der Waals surface area contributed by atoms with E-state index in [0.717, 1.165) is 12.8 Å². The Kier molecular flexibility index (Phi) is 6.61. The fourth-order valence-corrected chi connectivity index (χ4v) is 1.92. The summed E-state index contributed by atoms with van der Waals surface area (Å²) in [5.41, 5.74) is 0.182. The first-order valence-corrected chi connectivity index (χ1v) is 6.70. The summed E-state index contributed by atoms with van der Waals surface area (Å²) in [4.78, 5) is 24.0. The van der Waals surface area contributed by atoms with Crippen LogP contribution in [-0.4, -0.2) is 48.1 Å². The van der Waals surface area contributed by atoms with E-state index in [2.05, 4.69) is 0 Å². The molecule has 21 heavy (non-hydrogen) atoms. The highest BCUT2D eigenvalue weighted by molar-refractivity contribution is 5.94. The molecule has 116 valence electrons. The molecule has 0 unspecified atom stereocenters. The van der Waals surface area contributed by atoms with Crippen LogP contribution in [0, 0.1) is 10.1 Å². The van der Waals surface area contributed by atoms with E-state index in [1.807, 2.05) is 0 Å². The van der Waals surface area contributed by atoms with Gasteiger partial charge in [0.1, 0.15) is 0 Å². The number of ether oxygens (including phenoxy) is 1. The topological polar surface area (TPSA) is 92.9 Å². The highest BCUT2D eigenvalue weighted by Gasteiger charge is 2.19. The molecule has 1 rings (SSSR count). The van der Waals surface area contributed by atoms with E-state index in [0.29, 0.717) is 18.5 Å². The van der Waals surface area contributed by atoms with E-state index in [9.17, 15) is 14.9 Å². The lowest BCUT2D eigenvalue weighted by Gasteiger charge is -2.17. The maximum Gasteiger partial charge on any atom is 0.310 e. The number of unbranched alkanes of at least 4 members (excludes halogenated alkanes) is 2. The van der Waals surface area contributed by atoms with Gasteiger partial charge >= 0.3 is 5.69 Å². The van der Waals surface area contributed by atoms with Gasteiger partial charge in [0.2, 0.25) is 0 Å². The standard InChI is InChI=1S/C14H20N2O5/c1-15(8-4-3-5-9-17)14(18)11-6-7-12(16(19)20)13(10-11)21-2/h6-7,10,17H,3-5,8-9H2,1-2H3. The van der Waals surface area contributed by atoms with Crippen LogP contribution in [0.4, 0.5) is 5.69 Å². The number of hydrogen-bond acceptors (Lipinski definition) is 5. The van der Waals surface area contributed by atoms with E-state index in [1.165, 1.54) is 25.3 Å². The van der Waals surface area contributed by atoms with Gasteiger partial charge in [0.05, 0.1) is 12.0 Å². The van der Waals surface area contributed by atoms with Crippen molar-refractivity contribution in [3.8, 4) is 5.75 Å². The van der Waals surface area contributed by atoms with E-state index < -0.39 is 4.92 Å². The third-order valence-electron chi connectivity index (χ3n) is 3.12. The van der Waals surface area contributed by atoms with Crippen molar-refractivity contribution in [2.24, 2.45) is 0 Å². The Morgan fingerprint density at radius 1 is 1.38 bits per heavy atom. The molecular weight excluding hydrogens is 276 g/mol. The summed E-state index contributed by atoms with van der Waals surface area (Å²) in [6, 6.07) is 4.07. The SMILES string of the molecule is COc1cc(C(=O)N(C)CCCCCO)ccc1[N+](=O)[O-]. The molecule has 0 spiro atoms. The zero-order valence-corrected chi connectivity index (χ0v) is 12.2. The first-order valence-electron chi connectivity index (χ1n) is 6.70. The summed E-state index contributed by atoms with van der Waals surface area (Å²) < 4.78 is 4.95. The molecule has 0 aliphatic heterocycles. The predicted molar refractivity (Wildman–Crippen MR) is 77.5 cm³/mol. The van der Waals surface area contributed by atoms with Crippen LogP contribution in [0.1, 0.15) is 29.6 Å². The van der Waals surface area contributed by atoms with Crippen molar-refractivity contribution in [1.82, 2.24) is 4.90 Å². The summed E-state index contributed by atoms with van der Waals surface area (Å²) in [5, 5.41) is 19.5. The Labute approximate surface area is 123 Å². The molecule has 0 aliphatic rings. The summed E-state index contributed by atoms with van der Waals surface area (Å²) in [5.74, 6) is -0.147. The highest BCUT2D eigenvalue weighted by atomic mass is 16.6. The molecule has 1 aromatic carbocycles. The number of nitro groups is 1. The molecular formula is C14H20N2O5. The molecule has 1 N–H and O–H groups in total. The second kappa shape index (κ2) is 8.21. The van der Waals surface area contributed by atoms with Crippen LogP contribution in [0.3, 0.4) is 0 Å². The first kappa shape index (κ1) is 16.9. The number of nitro benzene ring substituents is 1. The number of aliphatic hydroxyl groups excluding tert-OH is 1. The molecule has 0 saturated heterocycles. The van der Waals surface area contributed by atoms with Crippen molar-refractivity contribution >= 4 is 11.6 Å². The Balaban J connectivity index is 2.75. The third-order valence-corrected chi connectivity index (χ3v) is 3.12. The highest BCUT2D eigenvalue weighted by Crippen LogP contribution is 2.27. The zero-order chi connectivity index (χ0) is 15.8. The van der Waals surface area contributed by atoms with Gasteiger partial charge in [-0.3, -0.25) is 14.9 Å². The third kappa shape index (κ3) is 4.71. The van der Waals surface area contributed by atoms with Crippen LogP contribution < -0.4 is 4.74 Å². The minimum absolute atomic E-state index is 0.0690. The Morgan fingerprint density at radius 2 is 2.10 bits per heavy atom. The first-order chi connectivity index (χ1) is 10.0. The molecule has 1 amide bonds. The molecule has 0 aliphatic carbocycles. The van der Waals surface area contributed by atoms with Crippen molar-refractivity contribution in [3.05, 3.63) is 33.9 Å². The fourth-order valence-electron chi connectivity index (χ4n) is 1.92. The van der Waals surface area contributed by atoms with E-state index in [-0.39, 0.29) is 24.0 Å². The largest absolute Gasteiger partial charge is 0.490 e. The lowest BCUT2D eigenvalue weighted by atomic mass is 10.1. The lowest BCUT2D eigenvalue weighted by molar-refractivity contribution is -0.385. The molecule has 0 radical (unpaired) electrons. The van der Waals surface area contributed by atoms with Crippen LogP contribution >= 0.6 is 0 Å². The van der Waals surface area contributed by atoms with Crippen molar-refractivity contribution in [2.75, 3.05) is 27.3 Å². The molecule has 7 heteroatoms. The van der Waals surface area contributed by atoms with Crippen molar-refractivity contribution in [2.45, 2.75) is 19.3 Å². The second-order valence-electron chi connectivity index (χ2n) is 4.65. The van der Waals surface area contributed by atoms with Crippen LogP contribution in [0.2, 0.25) is 0 Å². The van der Waals surface area contributed by atoms with E-state index in [1.54, 1.807) is 11.9 Å². The summed E-state index contributed by atoms with van der Waals surface area (Å²) >= 11 is 0. The Morgan fingerprint density at radius 3 is 2.67 bits per heavy atom. The number of aliphatic hydroxyl groups is 1. The maximum absolute atomic E-state index is 12.2. The Bertz CT molecular complexity index is 504. The van der Waals surface area contributed by atoms with Gasteiger partial charge in [-0.05, 0) is 25.3 Å². The van der Waals surface area contributed by atoms with Gasteiger partial charge in [0.25, 0.3) is 5.91 Å². The monoisotopic (exact) mass is 296 g/mol. The fraction of sp³-hybridized carbons (Fsp3) is 0.500. The number of amides is 1. The van der Waals surface area contributed by atoms with Gasteiger partial charge in [0, 0.05) is 37.9 Å². The van der Waals surface area contributed by atoms with Gasteiger partial charge in [-0.15, -0.1) is 0 Å². The minimum atomic E-state index is -0.550. The number of hydrogen-bond donors (Lipinski definition) is 1. The molecule has 0 saturated carbocycles. The predicted octanol–water partition coefficient (Wildman–Crippen LogP) is 1.84. The van der Waals surface area contributed by atoms with E-state index >= 15 is 0 Å². The molecule has 0 heterocycles. The Hall–Kier alpha value is -2.15. The zero-order valence-electron chi connectivity index (χ0n) is 12.2. The normalized spacial score (nSPS) is 10.2. The van der Waals surface area contributed by atoms with Gasteiger partial charge in [-0.1, -0.05) is 0 Å². The summed E-state index contributed by atoms with van der Waals surface area (Å²) in [7, 11) is 3.00. The average molecular weight is 296 g/mol. The molecule has 0 bridgehead atoms. The van der Waals surface area contributed by atoms with Crippen LogP contribution in [0.15, 0.2) is 18.2 Å². The second-order valence-corrected chi connectivity index (χ2v) is 4.65. The molecule has 1 aromatic rings. The number of nitrogens with zero attached hydrogens (tertiary/aromatic N) is 2. The number of carbonyl (C=O) groups excluding carboxylic acids is 1. The van der Waals surface area contributed by atoms with E-state index in [4.69, 9.17) is 9.84 Å². The minimum Gasteiger partial charge on any atom is -0.490 e. The molecule has 0 atom stereocenters. The van der Waals surface area contributed by atoms with Crippen molar-refractivity contribution in [1.29, 1.82) is 0 Å². The number of rotatable bonds is 8. The van der Waals surface area contributed by atoms with Gasteiger partial charge in [0.15, 0.2) is 5.75 Å². The smallest absolute Gasteiger partial charge is 0.310 e.